The molecule has 0 atom stereocenters. The minimum Gasteiger partial charge on any atom is -0.369 e. The van der Waals surface area contributed by atoms with Crippen LogP contribution in [0.15, 0.2) is 12.2 Å². The highest BCUT2D eigenvalue weighted by atomic mass is 16.5. The van der Waals surface area contributed by atoms with Gasteiger partial charge in [-0.15, -0.1) is 0 Å². The lowest BCUT2D eigenvalue weighted by Crippen LogP contribution is -2.47. The van der Waals surface area contributed by atoms with E-state index in [0.29, 0.717) is 0 Å². The lowest BCUT2D eigenvalue weighted by molar-refractivity contribution is -0.140. The molecule has 0 aromatic rings. The maximum absolute atomic E-state index is 11.6. The number of carbonyl (C=O) groups is 1. The largest absolute Gasteiger partial charge is 0.369 e. The molecule has 0 fully saturated rings. The molecule has 74 valence electrons. The Kier molecular flexibility index (Phi) is 3.09. The van der Waals surface area contributed by atoms with Gasteiger partial charge in [-0.05, 0) is 26.7 Å². The Balaban J connectivity index is 2.40. The highest BCUT2D eigenvalue weighted by Crippen LogP contribution is 2.13. The average Bonchev–Trinajstić information content (AvgIpc) is 2.57. The van der Waals surface area contributed by atoms with Crippen LogP contribution in [0.4, 0.5) is 0 Å². The van der Waals surface area contributed by atoms with E-state index in [-0.39, 0.29) is 11.9 Å². The molecule has 0 saturated carbocycles. The zero-order valence-electron chi connectivity index (χ0n) is 8.46. The number of hydrogen-bond acceptors (Lipinski definition) is 2. The third kappa shape index (κ3) is 2.56. The third-order valence-corrected chi connectivity index (χ3v) is 2.40. The zero-order valence-corrected chi connectivity index (χ0v) is 8.46. The normalized spacial score (nSPS) is 17.8. The summed E-state index contributed by atoms with van der Waals surface area (Å²) in [6.45, 7) is 3.54. The van der Waals surface area contributed by atoms with Crippen molar-refractivity contribution in [3.05, 3.63) is 12.2 Å². The summed E-state index contributed by atoms with van der Waals surface area (Å²) in [5.74, 6) is -0.0382. The van der Waals surface area contributed by atoms with Crippen LogP contribution >= 0.6 is 0 Å². The molecule has 0 aromatic heterocycles. The van der Waals surface area contributed by atoms with Crippen LogP contribution < -0.4 is 5.32 Å². The number of methoxy groups -OCH3 is 1. The van der Waals surface area contributed by atoms with Gasteiger partial charge in [-0.3, -0.25) is 4.79 Å². The fourth-order valence-corrected chi connectivity index (χ4v) is 1.19. The maximum Gasteiger partial charge on any atom is 0.251 e. The van der Waals surface area contributed by atoms with Crippen LogP contribution in [0.1, 0.15) is 26.7 Å². The van der Waals surface area contributed by atoms with Crippen molar-refractivity contribution in [2.75, 3.05) is 7.11 Å². The Morgan fingerprint density at radius 3 is 2.46 bits per heavy atom. The van der Waals surface area contributed by atoms with Crippen molar-refractivity contribution in [3.8, 4) is 0 Å². The molecular formula is C10H17NO2. The van der Waals surface area contributed by atoms with Crippen molar-refractivity contribution in [2.45, 2.75) is 38.3 Å². The van der Waals surface area contributed by atoms with E-state index in [1.807, 2.05) is 0 Å². The zero-order chi connectivity index (χ0) is 9.90. The van der Waals surface area contributed by atoms with Gasteiger partial charge >= 0.3 is 0 Å². The van der Waals surface area contributed by atoms with Crippen molar-refractivity contribution < 1.29 is 9.53 Å². The Bertz CT molecular complexity index is 213. The van der Waals surface area contributed by atoms with Crippen molar-refractivity contribution >= 4 is 5.91 Å². The topological polar surface area (TPSA) is 38.3 Å². The first-order valence-corrected chi connectivity index (χ1v) is 4.57. The van der Waals surface area contributed by atoms with Gasteiger partial charge in [0.25, 0.3) is 5.91 Å². The predicted octanol–water partition coefficient (Wildman–Crippen LogP) is 1.25. The molecule has 0 unspecified atom stereocenters. The van der Waals surface area contributed by atoms with Crippen LogP contribution in [0.2, 0.25) is 0 Å². The van der Waals surface area contributed by atoms with E-state index in [4.69, 9.17) is 4.74 Å². The summed E-state index contributed by atoms with van der Waals surface area (Å²) >= 11 is 0. The summed E-state index contributed by atoms with van der Waals surface area (Å²) in [4.78, 5) is 11.6. The van der Waals surface area contributed by atoms with E-state index in [9.17, 15) is 4.79 Å². The minimum atomic E-state index is -0.720. The van der Waals surface area contributed by atoms with E-state index in [2.05, 4.69) is 17.5 Å². The summed E-state index contributed by atoms with van der Waals surface area (Å²) < 4.78 is 5.08. The smallest absolute Gasteiger partial charge is 0.251 e. The van der Waals surface area contributed by atoms with Gasteiger partial charge in [0.1, 0.15) is 5.60 Å². The Hall–Kier alpha value is -0.830. The minimum absolute atomic E-state index is 0.0382. The van der Waals surface area contributed by atoms with Gasteiger partial charge in [0.2, 0.25) is 0 Å². The van der Waals surface area contributed by atoms with Gasteiger partial charge in [0.15, 0.2) is 0 Å². The fourth-order valence-electron chi connectivity index (χ4n) is 1.19. The summed E-state index contributed by atoms with van der Waals surface area (Å²) in [7, 11) is 1.55. The number of carbonyl (C=O) groups excluding carboxylic acids is 1. The molecule has 3 nitrogen and oxygen atoms in total. The molecule has 0 radical (unpaired) electrons. The molecule has 13 heavy (non-hydrogen) atoms. The molecule has 0 saturated heterocycles. The van der Waals surface area contributed by atoms with Gasteiger partial charge in [0, 0.05) is 13.2 Å². The van der Waals surface area contributed by atoms with Gasteiger partial charge < -0.3 is 10.1 Å². The van der Waals surface area contributed by atoms with Crippen molar-refractivity contribution in [1.82, 2.24) is 5.32 Å². The van der Waals surface area contributed by atoms with Crippen LogP contribution in [-0.2, 0) is 9.53 Å². The van der Waals surface area contributed by atoms with Gasteiger partial charge in [-0.25, -0.2) is 0 Å². The molecule has 0 aromatic carbocycles. The first kappa shape index (κ1) is 10.3. The molecule has 1 N–H and O–H groups in total. The molecule has 0 spiro atoms. The van der Waals surface area contributed by atoms with Crippen molar-refractivity contribution in [2.24, 2.45) is 0 Å². The average molecular weight is 183 g/mol. The van der Waals surface area contributed by atoms with Gasteiger partial charge in [-0.2, -0.15) is 0 Å². The first-order valence-electron chi connectivity index (χ1n) is 4.57. The summed E-state index contributed by atoms with van der Waals surface area (Å²) in [6.07, 6.45) is 6.05. The van der Waals surface area contributed by atoms with Crippen LogP contribution in [0.3, 0.4) is 0 Å². The SMILES string of the molecule is COC(C)(C)C(=O)NC1CC=CC1. The second kappa shape index (κ2) is 3.92. The molecule has 1 aliphatic rings. The van der Waals surface area contributed by atoms with Crippen LogP contribution in [0, 0.1) is 0 Å². The van der Waals surface area contributed by atoms with Crippen molar-refractivity contribution in [1.29, 1.82) is 0 Å². The van der Waals surface area contributed by atoms with Crippen LogP contribution in [-0.4, -0.2) is 24.7 Å². The second-order valence-electron chi connectivity index (χ2n) is 3.83. The van der Waals surface area contributed by atoms with Gasteiger partial charge in [-0.1, -0.05) is 12.2 Å². The number of hydrogen-bond donors (Lipinski definition) is 1. The van der Waals surface area contributed by atoms with E-state index >= 15 is 0 Å². The highest BCUT2D eigenvalue weighted by Gasteiger charge is 2.28. The summed E-state index contributed by atoms with van der Waals surface area (Å²) in [6, 6.07) is 0.266. The lowest BCUT2D eigenvalue weighted by atomic mass is 10.1. The number of rotatable bonds is 3. The molecule has 0 bridgehead atoms. The second-order valence-corrected chi connectivity index (χ2v) is 3.83. The van der Waals surface area contributed by atoms with E-state index in [0.717, 1.165) is 12.8 Å². The predicted molar refractivity (Wildman–Crippen MR) is 51.4 cm³/mol. The van der Waals surface area contributed by atoms with E-state index in [1.165, 1.54) is 0 Å². The van der Waals surface area contributed by atoms with Crippen molar-refractivity contribution in [3.63, 3.8) is 0 Å². The first-order chi connectivity index (χ1) is 6.06. The summed E-state index contributed by atoms with van der Waals surface area (Å²) in [5, 5.41) is 2.94. The van der Waals surface area contributed by atoms with Gasteiger partial charge in [0.05, 0.1) is 0 Å². The third-order valence-electron chi connectivity index (χ3n) is 2.40. The molecule has 1 aliphatic carbocycles. The van der Waals surface area contributed by atoms with E-state index in [1.54, 1.807) is 21.0 Å². The Morgan fingerprint density at radius 1 is 1.46 bits per heavy atom. The Morgan fingerprint density at radius 2 is 2.00 bits per heavy atom. The molecular weight excluding hydrogens is 166 g/mol. The number of ether oxygens (including phenoxy) is 1. The molecule has 0 heterocycles. The number of nitrogens with one attached hydrogen (secondary N) is 1. The Labute approximate surface area is 79.2 Å². The monoisotopic (exact) mass is 183 g/mol. The molecule has 1 rings (SSSR count). The van der Waals surface area contributed by atoms with Crippen LogP contribution in [0.25, 0.3) is 0 Å². The summed E-state index contributed by atoms with van der Waals surface area (Å²) in [5.41, 5.74) is -0.720. The molecule has 3 heteroatoms. The quantitative estimate of drug-likeness (QED) is 0.669. The fraction of sp³-hybridized carbons (Fsp3) is 0.700. The standard InChI is InChI=1S/C10H17NO2/c1-10(2,13-3)9(12)11-8-6-4-5-7-8/h4-5,8H,6-7H2,1-3H3,(H,11,12). The lowest BCUT2D eigenvalue weighted by Gasteiger charge is -2.24. The highest BCUT2D eigenvalue weighted by molar-refractivity contribution is 5.84. The number of amides is 1. The van der Waals surface area contributed by atoms with E-state index < -0.39 is 5.60 Å². The van der Waals surface area contributed by atoms with Crippen LogP contribution in [0.5, 0.6) is 0 Å². The maximum atomic E-state index is 11.6. The molecule has 1 amide bonds. The molecule has 0 aliphatic heterocycles.